The van der Waals surface area contributed by atoms with E-state index >= 15 is 0 Å². The molecule has 1 saturated carbocycles. The second kappa shape index (κ2) is 11.5. The average Bonchev–Trinajstić information content (AvgIpc) is 2.50. The number of nitrogens with zero attached hydrogens (tertiary/aromatic N) is 1. The summed E-state index contributed by atoms with van der Waals surface area (Å²) in [5, 5.41) is 0. The van der Waals surface area contributed by atoms with Crippen LogP contribution in [0.25, 0.3) is 0 Å². The first-order valence-electron chi connectivity index (χ1n) is 9.99. The van der Waals surface area contributed by atoms with Crippen molar-refractivity contribution < 1.29 is 4.48 Å². The molecule has 1 fully saturated rings. The summed E-state index contributed by atoms with van der Waals surface area (Å²) in [6.07, 6.45) is 21.9. The number of rotatable bonds is 12. The van der Waals surface area contributed by atoms with Gasteiger partial charge in [0.25, 0.3) is 0 Å². The highest BCUT2D eigenvalue weighted by Gasteiger charge is 2.28. The molecule has 1 heteroatoms. The Hall–Kier alpha value is -0.0400. The van der Waals surface area contributed by atoms with Gasteiger partial charge in [-0.3, -0.25) is 0 Å². The molecular formula is C20H42N+. The van der Waals surface area contributed by atoms with Gasteiger partial charge in [-0.2, -0.15) is 0 Å². The first-order chi connectivity index (χ1) is 10.2. The Balaban J connectivity index is 1.93. The van der Waals surface area contributed by atoms with Gasteiger partial charge in [0.1, 0.15) is 0 Å². The van der Waals surface area contributed by atoms with Crippen LogP contribution in [-0.2, 0) is 0 Å². The number of hydrogen-bond donors (Lipinski definition) is 0. The van der Waals surface area contributed by atoms with E-state index < -0.39 is 0 Å². The van der Waals surface area contributed by atoms with E-state index in [9.17, 15) is 0 Å². The van der Waals surface area contributed by atoms with Gasteiger partial charge in [0.05, 0.1) is 26.7 Å². The summed E-state index contributed by atoms with van der Waals surface area (Å²) in [6.45, 7) is 3.70. The lowest BCUT2D eigenvalue weighted by molar-refractivity contribution is -0.916. The second-order valence-electron chi connectivity index (χ2n) is 7.98. The van der Waals surface area contributed by atoms with Gasteiger partial charge < -0.3 is 4.48 Å². The maximum atomic E-state index is 2.48. The molecule has 0 bridgehead atoms. The zero-order valence-corrected chi connectivity index (χ0v) is 15.3. The summed E-state index contributed by atoms with van der Waals surface area (Å²) in [5.74, 6) is 0. The highest BCUT2D eigenvalue weighted by Crippen LogP contribution is 2.26. The molecule has 0 amide bonds. The number of unbranched alkanes of at least 4 members (excludes halogenated alkanes) is 9. The van der Waals surface area contributed by atoms with Crippen LogP contribution in [0.3, 0.4) is 0 Å². The van der Waals surface area contributed by atoms with Gasteiger partial charge in [-0.15, -0.1) is 0 Å². The van der Waals surface area contributed by atoms with E-state index in [1.807, 2.05) is 0 Å². The zero-order chi connectivity index (χ0) is 15.4. The fourth-order valence-corrected chi connectivity index (χ4v) is 3.97. The van der Waals surface area contributed by atoms with Crippen molar-refractivity contribution in [1.82, 2.24) is 0 Å². The Morgan fingerprint density at radius 3 is 1.67 bits per heavy atom. The van der Waals surface area contributed by atoms with Crippen LogP contribution in [0, 0.1) is 0 Å². The highest BCUT2D eigenvalue weighted by molar-refractivity contribution is 4.65. The predicted octanol–water partition coefficient (Wildman–Crippen LogP) is 6.32. The van der Waals surface area contributed by atoms with Crippen molar-refractivity contribution in [2.24, 2.45) is 0 Å². The normalized spacial score (nSPS) is 17.3. The third kappa shape index (κ3) is 8.86. The highest BCUT2D eigenvalue weighted by atomic mass is 15.3. The van der Waals surface area contributed by atoms with Crippen LogP contribution < -0.4 is 0 Å². The summed E-state index contributed by atoms with van der Waals surface area (Å²) in [6, 6.07) is 0.956. The molecule has 1 aliphatic carbocycles. The molecular weight excluding hydrogens is 254 g/mol. The third-order valence-corrected chi connectivity index (χ3v) is 5.65. The van der Waals surface area contributed by atoms with E-state index in [4.69, 9.17) is 0 Å². The minimum atomic E-state index is 0.956. The van der Waals surface area contributed by atoms with Gasteiger partial charge in [-0.1, -0.05) is 64.7 Å². The predicted molar refractivity (Wildman–Crippen MR) is 95.7 cm³/mol. The molecule has 0 radical (unpaired) electrons. The van der Waals surface area contributed by atoms with Crippen molar-refractivity contribution in [2.75, 3.05) is 20.6 Å². The molecule has 0 spiro atoms. The molecule has 0 heterocycles. The summed E-state index contributed by atoms with van der Waals surface area (Å²) < 4.78 is 1.29. The van der Waals surface area contributed by atoms with Crippen LogP contribution in [-0.4, -0.2) is 31.2 Å². The van der Waals surface area contributed by atoms with E-state index in [-0.39, 0.29) is 0 Å². The van der Waals surface area contributed by atoms with Crippen LogP contribution in [0.4, 0.5) is 0 Å². The van der Waals surface area contributed by atoms with Crippen LogP contribution >= 0.6 is 0 Å². The van der Waals surface area contributed by atoms with E-state index in [0.717, 1.165) is 6.04 Å². The Kier molecular flexibility index (Phi) is 10.4. The molecule has 0 aromatic rings. The van der Waals surface area contributed by atoms with Crippen molar-refractivity contribution in [3.05, 3.63) is 0 Å². The topological polar surface area (TPSA) is 0 Å². The molecule has 0 atom stereocenters. The number of hydrogen-bond acceptors (Lipinski definition) is 0. The van der Waals surface area contributed by atoms with Crippen LogP contribution in [0.1, 0.15) is 103 Å². The van der Waals surface area contributed by atoms with E-state index in [0.29, 0.717) is 0 Å². The Morgan fingerprint density at radius 2 is 1.14 bits per heavy atom. The Labute approximate surface area is 135 Å². The quantitative estimate of drug-likeness (QED) is 0.292. The summed E-state index contributed by atoms with van der Waals surface area (Å²) in [5.41, 5.74) is 0. The molecule has 0 saturated heterocycles. The first-order valence-corrected chi connectivity index (χ1v) is 9.99. The van der Waals surface area contributed by atoms with E-state index in [1.54, 1.807) is 0 Å². The first kappa shape index (κ1) is 19.0. The SMILES string of the molecule is CCCCCCCCCCCC[N+](C)(C)C1CCCCC1. The van der Waals surface area contributed by atoms with Crippen molar-refractivity contribution in [3.8, 4) is 0 Å². The lowest BCUT2D eigenvalue weighted by Crippen LogP contribution is -2.50. The van der Waals surface area contributed by atoms with Gasteiger partial charge in [0.15, 0.2) is 0 Å². The van der Waals surface area contributed by atoms with Crippen LogP contribution in [0.15, 0.2) is 0 Å². The Bertz CT molecular complexity index is 228. The fraction of sp³-hybridized carbons (Fsp3) is 1.00. The largest absolute Gasteiger partial charge is 0.326 e. The van der Waals surface area contributed by atoms with Crippen LogP contribution in [0.2, 0.25) is 0 Å². The third-order valence-electron chi connectivity index (χ3n) is 5.65. The summed E-state index contributed by atoms with van der Waals surface area (Å²) >= 11 is 0. The zero-order valence-electron chi connectivity index (χ0n) is 15.3. The van der Waals surface area contributed by atoms with Crippen LogP contribution in [0.5, 0.6) is 0 Å². The number of quaternary nitrogens is 1. The molecule has 0 unspecified atom stereocenters. The maximum Gasteiger partial charge on any atom is 0.0886 e. The van der Waals surface area contributed by atoms with Gasteiger partial charge in [-0.05, 0) is 38.5 Å². The van der Waals surface area contributed by atoms with Crippen molar-refractivity contribution >= 4 is 0 Å². The summed E-state index contributed by atoms with van der Waals surface area (Å²) in [4.78, 5) is 0. The lowest BCUT2D eigenvalue weighted by atomic mass is 9.93. The van der Waals surface area contributed by atoms with Crippen molar-refractivity contribution in [1.29, 1.82) is 0 Å². The minimum absolute atomic E-state index is 0.956. The fourth-order valence-electron chi connectivity index (χ4n) is 3.97. The maximum absolute atomic E-state index is 2.48. The standard InChI is InChI=1S/C20H42N/c1-4-5-6-7-8-9-10-11-12-16-19-21(2,3)20-17-14-13-15-18-20/h20H,4-19H2,1-3H3/q+1. The molecule has 0 aromatic carbocycles. The van der Waals surface area contributed by atoms with Gasteiger partial charge >= 0.3 is 0 Å². The lowest BCUT2D eigenvalue weighted by Gasteiger charge is -2.40. The molecule has 0 aromatic heterocycles. The molecule has 1 nitrogen and oxygen atoms in total. The molecule has 21 heavy (non-hydrogen) atoms. The molecule has 1 rings (SSSR count). The van der Waals surface area contributed by atoms with E-state index in [2.05, 4.69) is 21.0 Å². The van der Waals surface area contributed by atoms with Gasteiger partial charge in [0, 0.05) is 0 Å². The average molecular weight is 297 g/mol. The van der Waals surface area contributed by atoms with Crippen molar-refractivity contribution in [2.45, 2.75) is 109 Å². The second-order valence-corrected chi connectivity index (χ2v) is 7.98. The van der Waals surface area contributed by atoms with Crippen molar-refractivity contribution in [3.63, 3.8) is 0 Å². The Morgan fingerprint density at radius 1 is 0.667 bits per heavy atom. The summed E-state index contributed by atoms with van der Waals surface area (Å²) in [7, 11) is 4.95. The molecule has 126 valence electrons. The monoisotopic (exact) mass is 296 g/mol. The van der Waals surface area contributed by atoms with Gasteiger partial charge in [0.2, 0.25) is 0 Å². The minimum Gasteiger partial charge on any atom is -0.326 e. The molecule has 1 aliphatic rings. The van der Waals surface area contributed by atoms with E-state index in [1.165, 1.54) is 107 Å². The van der Waals surface area contributed by atoms with Gasteiger partial charge in [-0.25, -0.2) is 0 Å². The smallest absolute Gasteiger partial charge is 0.0886 e. The molecule has 0 N–H and O–H groups in total. The molecule has 0 aliphatic heterocycles.